The number of hydrogen-bond acceptors (Lipinski definition) is 2. The molecule has 1 saturated heterocycles. The maximum absolute atomic E-state index is 6.17. The van der Waals surface area contributed by atoms with Gasteiger partial charge in [-0.25, -0.2) is 0 Å². The van der Waals surface area contributed by atoms with E-state index in [9.17, 15) is 0 Å². The van der Waals surface area contributed by atoms with Crippen molar-refractivity contribution in [3.05, 3.63) is 23.5 Å². The molecule has 2 aliphatic rings. The van der Waals surface area contributed by atoms with Crippen LogP contribution >= 0.6 is 0 Å². The number of hydrogen-bond donors (Lipinski definition) is 1. The van der Waals surface area contributed by atoms with E-state index in [4.69, 9.17) is 4.74 Å². The van der Waals surface area contributed by atoms with Gasteiger partial charge in [0.25, 0.3) is 0 Å². The summed E-state index contributed by atoms with van der Waals surface area (Å²) in [6.45, 7) is 5.24. The van der Waals surface area contributed by atoms with Crippen LogP contribution in [0.4, 0.5) is 0 Å². The molecule has 3 heteroatoms. The molecule has 1 aliphatic heterocycles. The Morgan fingerprint density at radius 2 is 1.84 bits per heavy atom. The number of nitrogens with zero attached hydrogens (tertiary/aromatic N) is 1. The standard InChI is InChI=1S/C16H26N2O/c1-13-6-7-14(2)18(13)17-15-8-11-19-16(12-15)9-4-3-5-10-16/h6-7,15,17H,3-5,8-12H2,1-2H3. The third kappa shape index (κ3) is 2.66. The molecule has 1 atom stereocenters. The zero-order valence-electron chi connectivity index (χ0n) is 12.2. The summed E-state index contributed by atoms with van der Waals surface area (Å²) in [6.07, 6.45) is 8.88. The first-order chi connectivity index (χ1) is 9.19. The van der Waals surface area contributed by atoms with Crippen LogP contribution in [0.25, 0.3) is 0 Å². The third-order valence-electron chi connectivity index (χ3n) is 4.84. The van der Waals surface area contributed by atoms with Crippen molar-refractivity contribution in [2.24, 2.45) is 0 Å². The minimum atomic E-state index is 0.184. The molecule has 0 radical (unpaired) electrons. The minimum Gasteiger partial charge on any atom is -0.375 e. The Balaban J connectivity index is 1.68. The van der Waals surface area contributed by atoms with E-state index >= 15 is 0 Å². The summed E-state index contributed by atoms with van der Waals surface area (Å²) in [5.74, 6) is 0. The molecule has 0 bridgehead atoms. The molecule has 1 N–H and O–H groups in total. The van der Waals surface area contributed by atoms with Crippen LogP contribution in [-0.4, -0.2) is 22.9 Å². The predicted octanol–water partition coefficient (Wildman–Crippen LogP) is 3.53. The lowest BCUT2D eigenvalue weighted by molar-refractivity contribution is -0.104. The Kier molecular flexibility index (Phi) is 3.57. The fourth-order valence-corrected chi connectivity index (χ4v) is 3.74. The first-order valence-corrected chi connectivity index (χ1v) is 7.74. The third-order valence-corrected chi connectivity index (χ3v) is 4.84. The highest BCUT2D eigenvalue weighted by Crippen LogP contribution is 2.38. The predicted molar refractivity (Wildman–Crippen MR) is 78.1 cm³/mol. The van der Waals surface area contributed by atoms with E-state index < -0.39 is 0 Å². The van der Waals surface area contributed by atoms with Gasteiger partial charge in [0, 0.05) is 24.0 Å². The van der Waals surface area contributed by atoms with Crippen molar-refractivity contribution in [3.63, 3.8) is 0 Å². The van der Waals surface area contributed by atoms with Crippen molar-refractivity contribution in [3.8, 4) is 0 Å². The van der Waals surface area contributed by atoms with E-state index in [0.29, 0.717) is 6.04 Å². The highest BCUT2D eigenvalue weighted by Gasteiger charge is 2.38. The molecule has 1 unspecified atom stereocenters. The number of rotatable bonds is 2. The summed E-state index contributed by atoms with van der Waals surface area (Å²) in [5, 5.41) is 0. The van der Waals surface area contributed by atoms with Crippen LogP contribution in [0.15, 0.2) is 12.1 Å². The smallest absolute Gasteiger partial charge is 0.0702 e. The molecular formula is C16H26N2O. The van der Waals surface area contributed by atoms with Gasteiger partial charge in [-0.3, -0.25) is 4.68 Å². The molecule has 0 aromatic carbocycles. The van der Waals surface area contributed by atoms with E-state index in [1.165, 1.54) is 49.9 Å². The van der Waals surface area contributed by atoms with E-state index in [0.717, 1.165) is 13.0 Å². The first kappa shape index (κ1) is 13.0. The van der Waals surface area contributed by atoms with Crippen LogP contribution < -0.4 is 5.43 Å². The zero-order valence-corrected chi connectivity index (χ0v) is 12.2. The van der Waals surface area contributed by atoms with Gasteiger partial charge in [-0.1, -0.05) is 19.3 Å². The molecule has 19 heavy (non-hydrogen) atoms. The summed E-state index contributed by atoms with van der Waals surface area (Å²) in [7, 11) is 0. The van der Waals surface area contributed by atoms with Crippen molar-refractivity contribution in [2.45, 2.75) is 70.4 Å². The maximum Gasteiger partial charge on any atom is 0.0702 e. The lowest BCUT2D eigenvalue weighted by Crippen LogP contribution is -2.47. The Hall–Kier alpha value is -0.960. The van der Waals surface area contributed by atoms with E-state index in [1.807, 2.05) is 0 Å². The molecule has 3 nitrogen and oxygen atoms in total. The zero-order chi connectivity index (χ0) is 13.3. The van der Waals surface area contributed by atoms with Gasteiger partial charge in [-0.05, 0) is 51.7 Å². The molecule has 1 spiro atoms. The van der Waals surface area contributed by atoms with E-state index in [-0.39, 0.29) is 5.60 Å². The molecule has 2 heterocycles. The van der Waals surface area contributed by atoms with Crippen LogP contribution in [0.3, 0.4) is 0 Å². The van der Waals surface area contributed by atoms with Crippen molar-refractivity contribution in [1.29, 1.82) is 0 Å². The summed E-state index contributed by atoms with van der Waals surface area (Å²) < 4.78 is 8.41. The molecule has 0 amide bonds. The van der Waals surface area contributed by atoms with Crippen LogP contribution in [0.2, 0.25) is 0 Å². The van der Waals surface area contributed by atoms with Crippen molar-refractivity contribution in [2.75, 3.05) is 12.0 Å². The van der Waals surface area contributed by atoms with Gasteiger partial charge >= 0.3 is 0 Å². The van der Waals surface area contributed by atoms with Crippen molar-refractivity contribution in [1.82, 2.24) is 4.68 Å². The van der Waals surface area contributed by atoms with Crippen molar-refractivity contribution < 1.29 is 4.74 Å². The largest absolute Gasteiger partial charge is 0.375 e. The number of aromatic nitrogens is 1. The van der Waals surface area contributed by atoms with E-state index in [2.05, 4.69) is 36.1 Å². The van der Waals surface area contributed by atoms with Gasteiger partial charge in [0.2, 0.25) is 0 Å². The molecule has 1 aromatic heterocycles. The average Bonchev–Trinajstić information content (AvgIpc) is 2.72. The second-order valence-electron chi connectivity index (χ2n) is 6.36. The van der Waals surface area contributed by atoms with Crippen LogP contribution in [0, 0.1) is 13.8 Å². The Morgan fingerprint density at radius 3 is 2.53 bits per heavy atom. The fraction of sp³-hybridized carbons (Fsp3) is 0.750. The van der Waals surface area contributed by atoms with Gasteiger partial charge in [0.05, 0.1) is 5.60 Å². The number of nitrogens with one attached hydrogen (secondary N) is 1. The quantitative estimate of drug-likeness (QED) is 0.882. The lowest BCUT2D eigenvalue weighted by Gasteiger charge is -2.44. The molecule has 1 aliphatic carbocycles. The highest BCUT2D eigenvalue weighted by atomic mass is 16.5. The Morgan fingerprint density at radius 1 is 1.16 bits per heavy atom. The average molecular weight is 262 g/mol. The SMILES string of the molecule is Cc1ccc(C)n1NC1CCOC2(CCCCC2)C1. The minimum absolute atomic E-state index is 0.184. The molecule has 106 valence electrons. The maximum atomic E-state index is 6.17. The second kappa shape index (κ2) is 5.20. The highest BCUT2D eigenvalue weighted by molar-refractivity contribution is 5.16. The Bertz CT molecular complexity index is 407. The molecular weight excluding hydrogens is 236 g/mol. The van der Waals surface area contributed by atoms with Gasteiger partial charge < -0.3 is 10.2 Å². The van der Waals surface area contributed by atoms with Crippen molar-refractivity contribution >= 4 is 0 Å². The number of aryl methyl sites for hydroxylation is 2. The monoisotopic (exact) mass is 262 g/mol. The van der Waals surface area contributed by atoms with Crippen LogP contribution in [0.5, 0.6) is 0 Å². The lowest BCUT2D eigenvalue weighted by atomic mass is 9.78. The van der Waals surface area contributed by atoms with Crippen LogP contribution in [0.1, 0.15) is 56.3 Å². The topological polar surface area (TPSA) is 26.2 Å². The number of ether oxygens (including phenoxy) is 1. The molecule has 2 fully saturated rings. The summed E-state index contributed by atoms with van der Waals surface area (Å²) in [4.78, 5) is 0. The molecule has 3 rings (SSSR count). The summed E-state index contributed by atoms with van der Waals surface area (Å²) in [5.41, 5.74) is 6.48. The Labute approximate surface area is 116 Å². The van der Waals surface area contributed by atoms with Gasteiger partial charge in [0.15, 0.2) is 0 Å². The normalized spacial score (nSPS) is 26.5. The van der Waals surface area contributed by atoms with Crippen LogP contribution in [-0.2, 0) is 4.74 Å². The first-order valence-electron chi connectivity index (χ1n) is 7.74. The summed E-state index contributed by atoms with van der Waals surface area (Å²) >= 11 is 0. The molecule has 1 saturated carbocycles. The van der Waals surface area contributed by atoms with Gasteiger partial charge in [0.1, 0.15) is 0 Å². The van der Waals surface area contributed by atoms with E-state index in [1.54, 1.807) is 0 Å². The fourth-order valence-electron chi connectivity index (χ4n) is 3.74. The second-order valence-corrected chi connectivity index (χ2v) is 6.36. The van der Waals surface area contributed by atoms with Gasteiger partial charge in [-0.2, -0.15) is 0 Å². The van der Waals surface area contributed by atoms with Gasteiger partial charge in [-0.15, -0.1) is 0 Å². The summed E-state index contributed by atoms with van der Waals surface area (Å²) in [6, 6.07) is 4.91. The molecule has 1 aromatic rings.